The van der Waals surface area contributed by atoms with Gasteiger partial charge in [-0.2, -0.15) is 5.10 Å². The number of benzene rings is 1. The number of nitrogens with one attached hydrogen (secondary N) is 2. The monoisotopic (exact) mass is 433 g/mol. The van der Waals surface area contributed by atoms with Gasteiger partial charge in [-0.1, -0.05) is 12.1 Å². The van der Waals surface area contributed by atoms with E-state index in [1.807, 2.05) is 48.6 Å². The standard InChI is InChI=1S/C21H27N5O3.ClH/c1-25-14-16(11-23-25)18-12-22-13-19(18)21(28)24-17-4-2-15(3-5-17)10-20(27)26-6-8-29-9-7-26;/h2-5,11,14,18-19,22H,6-10,12-13H2,1H3,(H,24,28);1H/t18-,19+;/m1./s1. The molecule has 8 nitrogen and oxygen atoms in total. The first kappa shape index (κ1) is 22.3. The van der Waals surface area contributed by atoms with E-state index in [9.17, 15) is 9.59 Å². The van der Waals surface area contributed by atoms with Crippen molar-refractivity contribution in [2.45, 2.75) is 12.3 Å². The van der Waals surface area contributed by atoms with E-state index in [0.717, 1.165) is 23.4 Å². The van der Waals surface area contributed by atoms with Crippen molar-refractivity contribution in [3.05, 3.63) is 47.8 Å². The Balaban J connectivity index is 0.00000256. The van der Waals surface area contributed by atoms with E-state index in [1.54, 1.807) is 4.68 Å². The fourth-order valence-electron chi connectivity index (χ4n) is 3.98. The van der Waals surface area contributed by atoms with E-state index < -0.39 is 0 Å². The molecule has 0 spiro atoms. The Kier molecular flexibility index (Phi) is 7.47. The molecule has 2 atom stereocenters. The number of ether oxygens (including phenoxy) is 1. The Morgan fingerprint density at radius 1 is 1.20 bits per heavy atom. The van der Waals surface area contributed by atoms with Crippen LogP contribution in [0.15, 0.2) is 36.7 Å². The first-order valence-corrected chi connectivity index (χ1v) is 10.0. The average Bonchev–Trinajstić information content (AvgIpc) is 3.39. The average molecular weight is 434 g/mol. The van der Waals surface area contributed by atoms with Gasteiger partial charge in [-0.05, 0) is 23.3 Å². The van der Waals surface area contributed by atoms with Crippen molar-refractivity contribution < 1.29 is 14.3 Å². The van der Waals surface area contributed by atoms with Gasteiger partial charge in [0, 0.05) is 51.0 Å². The highest BCUT2D eigenvalue weighted by Gasteiger charge is 2.34. The fourth-order valence-corrected chi connectivity index (χ4v) is 3.98. The number of nitrogens with zero attached hydrogens (tertiary/aromatic N) is 3. The molecule has 4 rings (SSSR count). The smallest absolute Gasteiger partial charge is 0.229 e. The topological polar surface area (TPSA) is 88.5 Å². The Labute approximate surface area is 182 Å². The molecule has 0 saturated carbocycles. The third-order valence-electron chi connectivity index (χ3n) is 5.64. The number of amides is 2. The molecule has 0 unspecified atom stereocenters. The summed E-state index contributed by atoms with van der Waals surface area (Å²) in [5, 5.41) is 10.6. The minimum Gasteiger partial charge on any atom is -0.378 e. The maximum Gasteiger partial charge on any atom is 0.229 e. The van der Waals surface area contributed by atoms with Crippen molar-refractivity contribution in [3.63, 3.8) is 0 Å². The van der Waals surface area contributed by atoms with Gasteiger partial charge in [0.05, 0.1) is 31.7 Å². The van der Waals surface area contributed by atoms with Gasteiger partial charge in [0.25, 0.3) is 0 Å². The highest BCUT2D eigenvalue weighted by atomic mass is 35.5. The maximum atomic E-state index is 12.8. The molecule has 2 saturated heterocycles. The molecule has 3 heterocycles. The van der Waals surface area contributed by atoms with Crippen LogP contribution in [0.3, 0.4) is 0 Å². The number of carbonyl (C=O) groups excluding carboxylic acids is 2. The van der Waals surface area contributed by atoms with E-state index in [-0.39, 0.29) is 36.1 Å². The lowest BCUT2D eigenvalue weighted by Crippen LogP contribution is -2.41. The molecule has 30 heavy (non-hydrogen) atoms. The van der Waals surface area contributed by atoms with Crippen LogP contribution in [-0.2, 0) is 27.8 Å². The first-order chi connectivity index (χ1) is 14.1. The second-order valence-electron chi connectivity index (χ2n) is 7.67. The van der Waals surface area contributed by atoms with Crippen molar-refractivity contribution in [3.8, 4) is 0 Å². The third kappa shape index (κ3) is 5.19. The molecule has 0 bridgehead atoms. The number of aromatic nitrogens is 2. The van der Waals surface area contributed by atoms with Gasteiger partial charge < -0.3 is 20.3 Å². The number of carbonyl (C=O) groups is 2. The second kappa shape index (κ2) is 10.1. The maximum absolute atomic E-state index is 12.8. The molecule has 9 heteroatoms. The lowest BCUT2D eigenvalue weighted by molar-refractivity contribution is -0.134. The van der Waals surface area contributed by atoms with E-state index in [0.29, 0.717) is 39.3 Å². The van der Waals surface area contributed by atoms with Crippen molar-refractivity contribution >= 4 is 29.9 Å². The van der Waals surface area contributed by atoms with Crippen molar-refractivity contribution in [1.82, 2.24) is 20.0 Å². The summed E-state index contributed by atoms with van der Waals surface area (Å²) in [6.07, 6.45) is 4.17. The van der Waals surface area contributed by atoms with Gasteiger partial charge >= 0.3 is 0 Å². The molecule has 162 valence electrons. The summed E-state index contributed by atoms with van der Waals surface area (Å²) in [5.41, 5.74) is 2.76. The largest absolute Gasteiger partial charge is 0.378 e. The predicted octanol–water partition coefficient (Wildman–Crippen LogP) is 1.18. The highest BCUT2D eigenvalue weighted by molar-refractivity contribution is 5.93. The lowest BCUT2D eigenvalue weighted by Gasteiger charge is -2.26. The Morgan fingerprint density at radius 2 is 1.93 bits per heavy atom. The minimum absolute atomic E-state index is 0. The normalized spacial score (nSPS) is 21.2. The Hall–Kier alpha value is -2.42. The number of hydrogen-bond donors (Lipinski definition) is 2. The number of morpholine rings is 1. The zero-order valence-electron chi connectivity index (χ0n) is 17.0. The summed E-state index contributed by atoms with van der Waals surface area (Å²) in [6.45, 7) is 3.93. The number of halogens is 1. The fraction of sp³-hybridized carbons (Fsp3) is 0.476. The molecular formula is C21H28ClN5O3. The van der Waals surface area contributed by atoms with Crippen LogP contribution >= 0.6 is 12.4 Å². The molecule has 2 aromatic rings. The van der Waals surface area contributed by atoms with Crippen LogP contribution in [-0.4, -0.2) is 65.9 Å². The van der Waals surface area contributed by atoms with Crippen LogP contribution in [0.25, 0.3) is 0 Å². The molecule has 2 fully saturated rings. The van der Waals surface area contributed by atoms with Crippen molar-refractivity contribution in [1.29, 1.82) is 0 Å². The molecule has 2 amide bonds. The second-order valence-corrected chi connectivity index (χ2v) is 7.67. The summed E-state index contributed by atoms with van der Waals surface area (Å²) in [5.74, 6) is 0.0957. The lowest BCUT2D eigenvalue weighted by atomic mass is 9.90. The predicted molar refractivity (Wildman–Crippen MR) is 116 cm³/mol. The van der Waals surface area contributed by atoms with Gasteiger partial charge in [0.15, 0.2) is 0 Å². The third-order valence-corrected chi connectivity index (χ3v) is 5.64. The Bertz CT molecular complexity index is 864. The van der Waals surface area contributed by atoms with Crippen molar-refractivity contribution in [2.24, 2.45) is 13.0 Å². The number of hydrogen-bond acceptors (Lipinski definition) is 5. The molecule has 1 aromatic heterocycles. The van der Waals surface area contributed by atoms with E-state index >= 15 is 0 Å². The van der Waals surface area contributed by atoms with Crippen LogP contribution < -0.4 is 10.6 Å². The summed E-state index contributed by atoms with van der Waals surface area (Å²) in [7, 11) is 1.88. The number of anilines is 1. The van der Waals surface area contributed by atoms with Gasteiger partial charge in [0.1, 0.15) is 0 Å². The first-order valence-electron chi connectivity index (χ1n) is 10.0. The zero-order valence-corrected chi connectivity index (χ0v) is 17.9. The van der Waals surface area contributed by atoms with Gasteiger partial charge in [-0.25, -0.2) is 0 Å². The van der Waals surface area contributed by atoms with Crippen LogP contribution in [0.2, 0.25) is 0 Å². The minimum atomic E-state index is -0.137. The molecule has 2 aliphatic rings. The molecule has 0 radical (unpaired) electrons. The SMILES string of the molecule is Cl.Cn1cc([C@H]2CNC[C@@H]2C(=O)Nc2ccc(CC(=O)N3CCOCC3)cc2)cn1. The number of rotatable bonds is 5. The summed E-state index contributed by atoms with van der Waals surface area (Å²) in [6, 6.07) is 7.53. The summed E-state index contributed by atoms with van der Waals surface area (Å²) < 4.78 is 7.05. The van der Waals surface area contributed by atoms with Gasteiger partial charge in [-0.15, -0.1) is 12.4 Å². The zero-order chi connectivity index (χ0) is 20.2. The van der Waals surface area contributed by atoms with Crippen LogP contribution in [0.4, 0.5) is 5.69 Å². The quantitative estimate of drug-likeness (QED) is 0.739. The van der Waals surface area contributed by atoms with Crippen LogP contribution in [0.1, 0.15) is 17.0 Å². The molecule has 1 aromatic carbocycles. The van der Waals surface area contributed by atoms with Gasteiger partial charge in [0.2, 0.25) is 11.8 Å². The summed E-state index contributed by atoms with van der Waals surface area (Å²) >= 11 is 0. The van der Waals surface area contributed by atoms with Crippen LogP contribution in [0.5, 0.6) is 0 Å². The number of aryl methyl sites for hydroxylation is 1. The van der Waals surface area contributed by atoms with Crippen LogP contribution in [0, 0.1) is 5.92 Å². The van der Waals surface area contributed by atoms with E-state index in [1.165, 1.54) is 0 Å². The van der Waals surface area contributed by atoms with E-state index in [4.69, 9.17) is 4.74 Å². The Morgan fingerprint density at radius 3 is 2.60 bits per heavy atom. The molecule has 2 N–H and O–H groups in total. The molecule has 0 aliphatic carbocycles. The van der Waals surface area contributed by atoms with Gasteiger partial charge in [-0.3, -0.25) is 14.3 Å². The molecule has 2 aliphatic heterocycles. The summed E-state index contributed by atoms with van der Waals surface area (Å²) in [4.78, 5) is 27.0. The van der Waals surface area contributed by atoms with E-state index in [2.05, 4.69) is 15.7 Å². The molecular weight excluding hydrogens is 406 g/mol. The van der Waals surface area contributed by atoms with Crippen molar-refractivity contribution in [2.75, 3.05) is 44.7 Å². The highest BCUT2D eigenvalue weighted by Crippen LogP contribution is 2.29.